The zero-order chi connectivity index (χ0) is 20.9. The highest BCUT2D eigenvalue weighted by atomic mass is 32.2. The molecule has 30 heavy (non-hydrogen) atoms. The van der Waals surface area contributed by atoms with Gasteiger partial charge in [0.15, 0.2) is 0 Å². The molecule has 4 rings (SSSR count). The Kier molecular flexibility index (Phi) is 6.43. The highest BCUT2D eigenvalue weighted by molar-refractivity contribution is 8.04. The molecule has 0 radical (unpaired) electrons. The number of methoxy groups -OCH3 is 1. The normalized spacial score (nSPS) is 24.6. The molecule has 5 nitrogen and oxygen atoms in total. The summed E-state index contributed by atoms with van der Waals surface area (Å²) in [5.74, 6) is 0.730. The van der Waals surface area contributed by atoms with Gasteiger partial charge in [-0.3, -0.25) is 9.59 Å². The molecule has 3 unspecified atom stereocenters. The van der Waals surface area contributed by atoms with Gasteiger partial charge in [-0.1, -0.05) is 42.5 Å². The van der Waals surface area contributed by atoms with Gasteiger partial charge in [-0.05, 0) is 48.6 Å². The van der Waals surface area contributed by atoms with Gasteiger partial charge in [0.25, 0.3) is 5.91 Å². The van der Waals surface area contributed by atoms with Gasteiger partial charge in [0.2, 0.25) is 5.91 Å². The van der Waals surface area contributed by atoms with Gasteiger partial charge < -0.3 is 15.4 Å². The van der Waals surface area contributed by atoms with Gasteiger partial charge in [0.05, 0.1) is 12.0 Å². The Balaban J connectivity index is 1.36. The van der Waals surface area contributed by atoms with Crippen LogP contribution in [0.25, 0.3) is 6.08 Å². The lowest BCUT2D eigenvalue weighted by molar-refractivity contribution is -0.127. The molecule has 2 amide bonds. The minimum Gasteiger partial charge on any atom is -0.497 e. The van der Waals surface area contributed by atoms with Crippen LogP contribution in [0.4, 0.5) is 0 Å². The zero-order valence-corrected chi connectivity index (χ0v) is 17.8. The van der Waals surface area contributed by atoms with Crippen molar-refractivity contribution >= 4 is 29.7 Å². The predicted octanol–water partition coefficient (Wildman–Crippen LogP) is 3.75. The van der Waals surface area contributed by atoms with Crippen molar-refractivity contribution in [2.24, 2.45) is 5.92 Å². The predicted molar refractivity (Wildman–Crippen MR) is 120 cm³/mol. The molecule has 3 atom stereocenters. The lowest BCUT2D eigenvalue weighted by Crippen LogP contribution is -2.51. The van der Waals surface area contributed by atoms with Crippen LogP contribution in [-0.4, -0.2) is 30.2 Å². The van der Waals surface area contributed by atoms with Crippen molar-refractivity contribution < 1.29 is 14.3 Å². The van der Waals surface area contributed by atoms with Crippen molar-refractivity contribution in [3.63, 3.8) is 0 Å². The molecule has 2 aliphatic rings. The van der Waals surface area contributed by atoms with Crippen LogP contribution in [0.5, 0.6) is 5.75 Å². The van der Waals surface area contributed by atoms with E-state index in [2.05, 4.69) is 10.6 Å². The van der Waals surface area contributed by atoms with E-state index < -0.39 is 0 Å². The molecule has 1 heterocycles. The molecule has 1 saturated carbocycles. The smallest absolute Gasteiger partial charge is 0.257 e. The van der Waals surface area contributed by atoms with E-state index in [1.54, 1.807) is 18.9 Å². The highest BCUT2D eigenvalue weighted by Crippen LogP contribution is 2.40. The second-order valence-electron chi connectivity index (χ2n) is 7.73. The van der Waals surface area contributed by atoms with E-state index in [4.69, 9.17) is 4.74 Å². The number of benzene rings is 2. The summed E-state index contributed by atoms with van der Waals surface area (Å²) in [6, 6.07) is 17.6. The van der Waals surface area contributed by atoms with Crippen molar-refractivity contribution in [1.29, 1.82) is 0 Å². The quantitative estimate of drug-likeness (QED) is 0.720. The first-order chi connectivity index (χ1) is 14.6. The van der Waals surface area contributed by atoms with E-state index in [1.807, 2.05) is 60.7 Å². The maximum Gasteiger partial charge on any atom is 0.257 e. The molecule has 2 aromatic carbocycles. The summed E-state index contributed by atoms with van der Waals surface area (Å²) in [4.78, 5) is 26.0. The first-order valence-electron chi connectivity index (χ1n) is 10.3. The maximum absolute atomic E-state index is 12.7. The van der Waals surface area contributed by atoms with Crippen molar-refractivity contribution in [2.45, 2.75) is 37.1 Å². The number of carbonyl (C=O) groups excluding carboxylic acids is 2. The number of hydrogen-bond acceptors (Lipinski definition) is 4. The third kappa shape index (κ3) is 4.87. The van der Waals surface area contributed by atoms with Gasteiger partial charge in [-0.25, -0.2) is 0 Å². The topological polar surface area (TPSA) is 67.4 Å². The number of thioether (sulfide) groups is 1. The Hall–Kier alpha value is -2.73. The zero-order valence-electron chi connectivity index (χ0n) is 17.0. The Morgan fingerprint density at radius 3 is 2.83 bits per heavy atom. The molecule has 156 valence electrons. The van der Waals surface area contributed by atoms with Crippen LogP contribution in [0, 0.1) is 5.92 Å². The standard InChI is InChI=1S/C24H26N2O3S/c1-29-19-9-5-8-17(12-19)13-22-24(28)26-20-14-18(10-11-21(20)30-22)23(27)25-15-16-6-3-2-4-7-16/h2-9,12-13,18,20-21H,10-11,14-15H2,1H3,(H,25,27)(H,26,28)/b22-13+. The van der Waals surface area contributed by atoms with Gasteiger partial charge >= 0.3 is 0 Å². The van der Waals surface area contributed by atoms with E-state index in [0.717, 1.165) is 34.6 Å². The summed E-state index contributed by atoms with van der Waals surface area (Å²) in [5, 5.41) is 6.49. The number of nitrogens with one attached hydrogen (secondary N) is 2. The van der Waals surface area contributed by atoms with Crippen molar-refractivity contribution in [2.75, 3.05) is 7.11 Å². The molecule has 0 aromatic heterocycles. The number of ether oxygens (including phenoxy) is 1. The second-order valence-corrected chi connectivity index (χ2v) is 9.02. The van der Waals surface area contributed by atoms with Crippen molar-refractivity contribution in [1.82, 2.24) is 10.6 Å². The Bertz CT molecular complexity index is 944. The van der Waals surface area contributed by atoms with Gasteiger partial charge in [0.1, 0.15) is 5.75 Å². The van der Waals surface area contributed by atoms with Gasteiger partial charge in [-0.2, -0.15) is 0 Å². The number of hydrogen-bond donors (Lipinski definition) is 2. The Morgan fingerprint density at radius 1 is 1.20 bits per heavy atom. The largest absolute Gasteiger partial charge is 0.497 e. The van der Waals surface area contributed by atoms with Crippen LogP contribution < -0.4 is 15.4 Å². The lowest BCUT2D eigenvalue weighted by atomic mass is 9.84. The van der Waals surface area contributed by atoms with E-state index in [0.29, 0.717) is 18.2 Å². The fraction of sp³-hybridized carbons (Fsp3) is 0.333. The summed E-state index contributed by atoms with van der Waals surface area (Å²) in [5.41, 5.74) is 2.04. The minimum absolute atomic E-state index is 0.0335. The van der Waals surface area contributed by atoms with E-state index >= 15 is 0 Å². The summed E-state index contributed by atoms with van der Waals surface area (Å²) in [6.07, 6.45) is 4.36. The lowest BCUT2D eigenvalue weighted by Gasteiger charge is -2.39. The first kappa shape index (κ1) is 20.5. The fourth-order valence-electron chi connectivity index (χ4n) is 4.04. The average molecular weight is 423 g/mol. The molecule has 2 fully saturated rings. The molecule has 1 aliphatic heterocycles. The van der Waals surface area contributed by atoms with E-state index in [1.165, 1.54) is 0 Å². The summed E-state index contributed by atoms with van der Waals surface area (Å²) >= 11 is 1.63. The van der Waals surface area contributed by atoms with Crippen LogP contribution in [0.1, 0.15) is 30.4 Å². The molecular formula is C24H26N2O3S. The van der Waals surface area contributed by atoms with Gasteiger partial charge in [-0.15, -0.1) is 11.8 Å². The van der Waals surface area contributed by atoms with Gasteiger partial charge in [0, 0.05) is 23.8 Å². The number of rotatable bonds is 5. The Morgan fingerprint density at radius 2 is 2.03 bits per heavy atom. The first-order valence-corrected chi connectivity index (χ1v) is 11.2. The minimum atomic E-state index is -0.0607. The maximum atomic E-state index is 12.7. The highest BCUT2D eigenvalue weighted by Gasteiger charge is 2.39. The Labute approximate surface area is 181 Å². The molecule has 0 bridgehead atoms. The summed E-state index contributed by atoms with van der Waals surface area (Å²) in [7, 11) is 1.63. The third-order valence-electron chi connectivity index (χ3n) is 5.68. The summed E-state index contributed by atoms with van der Waals surface area (Å²) < 4.78 is 5.26. The molecule has 1 aliphatic carbocycles. The van der Waals surface area contributed by atoms with E-state index in [9.17, 15) is 9.59 Å². The number of carbonyl (C=O) groups is 2. The second kappa shape index (κ2) is 9.39. The van der Waals surface area contributed by atoms with Crippen LogP contribution in [-0.2, 0) is 16.1 Å². The van der Waals surface area contributed by atoms with Crippen LogP contribution in [0.3, 0.4) is 0 Å². The molecule has 2 aromatic rings. The van der Waals surface area contributed by atoms with Crippen LogP contribution in [0.2, 0.25) is 0 Å². The molecule has 6 heteroatoms. The molecular weight excluding hydrogens is 396 g/mol. The molecule has 0 spiro atoms. The van der Waals surface area contributed by atoms with Crippen LogP contribution >= 0.6 is 11.8 Å². The number of amides is 2. The molecule has 2 N–H and O–H groups in total. The van der Waals surface area contributed by atoms with Crippen molar-refractivity contribution in [3.05, 3.63) is 70.6 Å². The SMILES string of the molecule is COc1cccc(/C=C2/SC3CCC(C(=O)NCc4ccccc4)CC3NC2=O)c1. The fourth-order valence-corrected chi connectivity index (χ4v) is 5.34. The van der Waals surface area contributed by atoms with Crippen LogP contribution in [0.15, 0.2) is 59.5 Å². The third-order valence-corrected chi connectivity index (χ3v) is 7.10. The average Bonchev–Trinajstić information content (AvgIpc) is 2.78. The van der Waals surface area contributed by atoms with E-state index in [-0.39, 0.29) is 23.8 Å². The van der Waals surface area contributed by atoms with Crippen molar-refractivity contribution in [3.8, 4) is 5.75 Å². The summed E-state index contributed by atoms with van der Waals surface area (Å²) in [6.45, 7) is 0.540. The molecule has 1 saturated heterocycles. The monoisotopic (exact) mass is 422 g/mol. The number of fused-ring (bicyclic) bond motifs is 1.